The van der Waals surface area contributed by atoms with Crippen LogP contribution >= 0.6 is 0 Å². The van der Waals surface area contributed by atoms with E-state index in [1.807, 2.05) is 6.07 Å². The van der Waals surface area contributed by atoms with Crippen molar-refractivity contribution >= 4 is 11.7 Å². The Kier molecular flexibility index (Phi) is 8.74. The van der Waals surface area contributed by atoms with Gasteiger partial charge < -0.3 is 29.4 Å². The van der Waals surface area contributed by atoms with Crippen LogP contribution in [0.3, 0.4) is 0 Å². The highest BCUT2D eigenvalue weighted by Gasteiger charge is 2.40. The maximum Gasteiger partial charge on any atom is 0.329 e. The number of anilines is 1. The lowest BCUT2D eigenvalue weighted by Crippen LogP contribution is -2.50. The maximum absolute atomic E-state index is 15.4. The van der Waals surface area contributed by atoms with Crippen LogP contribution in [0.15, 0.2) is 30.3 Å². The van der Waals surface area contributed by atoms with Crippen molar-refractivity contribution in [2.24, 2.45) is 5.92 Å². The SMILES string of the molecule is CCOc1cc(OC)cc(-c2ccc(NC3(C(=O)O)CCOCC3)cc2COCC(C)C)c1F. The van der Waals surface area contributed by atoms with Gasteiger partial charge in [-0.15, -0.1) is 0 Å². The van der Waals surface area contributed by atoms with Gasteiger partial charge in [-0.25, -0.2) is 9.18 Å². The first kappa shape index (κ1) is 25.8. The molecule has 0 saturated carbocycles. The summed E-state index contributed by atoms with van der Waals surface area (Å²) in [5, 5.41) is 13.1. The first-order valence-electron chi connectivity index (χ1n) is 11.6. The Balaban J connectivity index is 2.04. The Morgan fingerprint density at radius 3 is 2.56 bits per heavy atom. The Morgan fingerprint density at radius 1 is 1.21 bits per heavy atom. The lowest BCUT2D eigenvalue weighted by atomic mass is 9.89. The van der Waals surface area contributed by atoms with E-state index >= 15 is 4.39 Å². The fourth-order valence-corrected chi connectivity index (χ4v) is 3.99. The summed E-state index contributed by atoms with van der Waals surface area (Å²) < 4.78 is 37.5. The third-order valence-electron chi connectivity index (χ3n) is 5.79. The summed E-state index contributed by atoms with van der Waals surface area (Å²) in [4.78, 5) is 12.1. The predicted molar refractivity (Wildman–Crippen MR) is 128 cm³/mol. The number of halogens is 1. The van der Waals surface area contributed by atoms with Crippen molar-refractivity contribution in [2.75, 3.05) is 38.9 Å². The molecule has 0 aliphatic carbocycles. The smallest absolute Gasteiger partial charge is 0.329 e. The van der Waals surface area contributed by atoms with Crippen molar-refractivity contribution in [3.05, 3.63) is 41.7 Å². The number of ether oxygens (including phenoxy) is 4. The van der Waals surface area contributed by atoms with Gasteiger partial charge in [0.15, 0.2) is 11.6 Å². The monoisotopic (exact) mass is 475 g/mol. The zero-order valence-corrected chi connectivity index (χ0v) is 20.3. The normalized spacial score (nSPS) is 15.2. The number of carboxylic acid groups (broad SMARTS) is 1. The topological polar surface area (TPSA) is 86.3 Å². The molecule has 1 aliphatic rings. The largest absolute Gasteiger partial charge is 0.497 e. The maximum atomic E-state index is 15.4. The third kappa shape index (κ3) is 5.98. The second-order valence-electron chi connectivity index (χ2n) is 8.83. The van der Waals surface area contributed by atoms with E-state index in [1.165, 1.54) is 13.2 Å². The molecule has 7 nitrogen and oxygen atoms in total. The molecule has 1 saturated heterocycles. The van der Waals surface area contributed by atoms with Crippen molar-refractivity contribution in [1.82, 2.24) is 0 Å². The minimum atomic E-state index is -1.11. The van der Waals surface area contributed by atoms with E-state index in [0.717, 1.165) is 5.56 Å². The molecule has 2 aromatic rings. The molecular weight excluding hydrogens is 441 g/mol. The predicted octanol–water partition coefficient (Wildman–Crippen LogP) is 5.12. The van der Waals surface area contributed by atoms with Gasteiger partial charge in [-0.2, -0.15) is 0 Å². The van der Waals surface area contributed by atoms with Crippen LogP contribution < -0.4 is 14.8 Å². The van der Waals surface area contributed by atoms with Crippen LogP contribution in [0, 0.1) is 11.7 Å². The molecule has 1 fully saturated rings. The van der Waals surface area contributed by atoms with Crippen LogP contribution in [0.25, 0.3) is 11.1 Å². The van der Waals surface area contributed by atoms with E-state index in [4.69, 9.17) is 18.9 Å². The summed E-state index contributed by atoms with van der Waals surface area (Å²) >= 11 is 0. The van der Waals surface area contributed by atoms with Gasteiger partial charge in [0, 0.05) is 50.0 Å². The average Bonchev–Trinajstić information content (AvgIpc) is 2.81. The lowest BCUT2D eigenvalue weighted by Gasteiger charge is -2.35. The average molecular weight is 476 g/mol. The molecule has 186 valence electrons. The molecule has 2 N–H and O–H groups in total. The van der Waals surface area contributed by atoms with E-state index in [2.05, 4.69) is 19.2 Å². The van der Waals surface area contributed by atoms with Gasteiger partial charge in [0.05, 0.1) is 20.3 Å². The summed E-state index contributed by atoms with van der Waals surface area (Å²) in [5.41, 5.74) is 1.20. The van der Waals surface area contributed by atoms with Gasteiger partial charge >= 0.3 is 5.97 Å². The highest BCUT2D eigenvalue weighted by atomic mass is 19.1. The summed E-state index contributed by atoms with van der Waals surface area (Å²) in [7, 11) is 1.52. The van der Waals surface area contributed by atoms with E-state index in [9.17, 15) is 9.90 Å². The summed E-state index contributed by atoms with van der Waals surface area (Å²) in [6, 6.07) is 8.52. The molecule has 34 heavy (non-hydrogen) atoms. The van der Waals surface area contributed by atoms with Crippen LogP contribution in [0.2, 0.25) is 0 Å². The summed E-state index contributed by atoms with van der Waals surface area (Å²) in [6.45, 7) is 7.74. The van der Waals surface area contributed by atoms with Crippen LogP contribution in [-0.4, -0.2) is 50.2 Å². The van der Waals surface area contributed by atoms with Gasteiger partial charge in [-0.1, -0.05) is 19.9 Å². The molecular formula is C26H34FNO6. The molecule has 0 atom stereocenters. The highest BCUT2D eigenvalue weighted by Crippen LogP contribution is 2.37. The van der Waals surface area contributed by atoms with Crippen molar-refractivity contribution in [3.63, 3.8) is 0 Å². The third-order valence-corrected chi connectivity index (χ3v) is 5.79. The minimum Gasteiger partial charge on any atom is -0.497 e. The summed E-state index contributed by atoms with van der Waals surface area (Å²) in [5.74, 6) is -0.485. The molecule has 0 amide bonds. The first-order valence-corrected chi connectivity index (χ1v) is 11.6. The number of benzene rings is 2. The number of methoxy groups -OCH3 is 1. The van der Waals surface area contributed by atoms with Gasteiger partial charge in [0.25, 0.3) is 0 Å². The van der Waals surface area contributed by atoms with Crippen molar-refractivity contribution in [2.45, 2.75) is 45.8 Å². The first-order chi connectivity index (χ1) is 16.3. The molecule has 8 heteroatoms. The molecule has 0 radical (unpaired) electrons. The van der Waals surface area contributed by atoms with Gasteiger partial charge in [-0.05, 0) is 42.2 Å². The molecule has 0 spiro atoms. The van der Waals surface area contributed by atoms with Crippen LogP contribution in [0.5, 0.6) is 11.5 Å². The zero-order chi connectivity index (χ0) is 24.7. The highest BCUT2D eigenvalue weighted by molar-refractivity contribution is 5.83. The number of nitrogens with one attached hydrogen (secondary N) is 1. The van der Waals surface area contributed by atoms with Crippen molar-refractivity contribution in [1.29, 1.82) is 0 Å². The Hall–Kier alpha value is -2.84. The second-order valence-corrected chi connectivity index (χ2v) is 8.83. The van der Waals surface area contributed by atoms with Gasteiger partial charge in [-0.3, -0.25) is 0 Å². The number of hydrogen-bond acceptors (Lipinski definition) is 6. The van der Waals surface area contributed by atoms with E-state index in [-0.39, 0.29) is 12.4 Å². The van der Waals surface area contributed by atoms with Crippen molar-refractivity contribution in [3.8, 4) is 22.6 Å². The fourth-order valence-electron chi connectivity index (χ4n) is 3.99. The standard InChI is InChI=1S/C26H34FNO6/c1-5-34-23-14-20(31-4)13-22(24(23)27)21-7-6-19(12-18(21)16-33-15-17(2)3)28-26(25(29)30)8-10-32-11-9-26/h6-7,12-14,17,28H,5,8-11,15-16H2,1-4H3,(H,29,30). The molecule has 0 unspecified atom stereocenters. The van der Waals surface area contributed by atoms with E-state index in [1.54, 1.807) is 25.1 Å². The summed E-state index contributed by atoms with van der Waals surface area (Å²) in [6.07, 6.45) is 0.705. The molecule has 1 heterocycles. The Labute approximate surface area is 200 Å². The van der Waals surface area contributed by atoms with E-state index < -0.39 is 17.3 Å². The van der Waals surface area contributed by atoms with E-state index in [0.29, 0.717) is 67.8 Å². The molecule has 0 bridgehead atoms. The Bertz CT molecular complexity index is 987. The van der Waals surface area contributed by atoms with Gasteiger partial charge in [0.2, 0.25) is 0 Å². The number of aliphatic carboxylic acids is 1. The quantitative estimate of drug-likeness (QED) is 0.467. The number of carboxylic acids is 1. The van der Waals surface area contributed by atoms with Gasteiger partial charge in [0.1, 0.15) is 11.3 Å². The lowest BCUT2D eigenvalue weighted by molar-refractivity contribution is -0.145. The molecule has 3 rings (SSSR count). The number of rotatable bonds is 11. The molecule has 0 aromatic heterocycles. The van der Waals surface area contributed by atoms with Crippen LogP contribution in [0.1, 0.15) is 39.2 Å². The zero-order valence-electron chi connectivity index (χ0n) is 20.3. The van der Waals surface area contributed by atoms with Crippen LogP contribution in [-0.2, 0) is 20.9 Å². The molecule has 1 aliphatic heterocycles. The fraction of sp³-hybridized carbons (Fsp3) is 0.500. The Morgan fingerprint density at radius 2 is 1.94 bits per heavy atom. The minimum absolute atomic E-state index is 0.111. The number of carbonyl (C=O) groups is 1. The molecule has 2 aromatic carbocycles. The second kappa shape index (κ2) is 11.5. The van der Waals surface area contributed by atoms with Crippen molar-refractivity contribution < 1.29 is 33.2 Å². The van der Waals surface area contributed by atoms with Crippen LogP contribution in [0.4, 0.5) is 10.1 Å². The number of hydrogen-bond donors (Lipinski definition) is 2.